The molecule has 0 saturated carbocycles. The highest BCUT2D eigenvalue weighted by atomic mass is 19.4. The molecule has 0 fully saturated rings. The van der Waals surface area contributed by atoms with E-state index in [2.05, 4.69) is 0 Å². The first kappa shape index (κ1) is 11.1. The number of aliphatic hydroxyl groups is 1. The van der Waals surface area contributed by atoms with Crippen LogP contribution in [0.5, 0.6) is 11.5 Å². The van der Waals surface area contributed by atoms with Crippen molar-refractivity contribution in [3.63, 3.8) is 0 Å². The minimum Gasteiger partial charge on any atom is -0.486 e. The molecule has 0 atom stereocenters. The molecule has 3 nitrogen and oxygen atoms in total. The molecule has 1 aliphatic heterocycles. The predicted octanol–water partition coefficient (Wildman–Crippen LogP) is 1.97. The largest absolute Gasteiger partial charge is 0.486 e. The van der Waals surface area contributed by atoms with E-state index in [4.69, 9.17) is 14.6 Å². The lowest BCUT2D eigenvalue weighted by atomic mass is 10.1. The van der Waals surface area contributed by atoms with Crippen LogP contribution >= 0.6 is 0 Å². The van der Waals surface area contributed by atoms with Crippen molar-refractivity contribution in [3.05, 3.63) is 23.3 Å². The van der Waals surface area contributed by atoms with Crippen LogP contribution < -0.4 is 9.47 Å². The monoisotopic (exact) mass is 234 g/mol. The molecule has 0 saturated heterocycles. The van der Waals surface area contributed by atoms with E-state index in [-0.39, 0.29) is 23.7 Å². The van der Waals surface area contributed by atoms with Crippen molar-refractivity contribution >= 4 is 0 Å². The average molecular weight is 234 g/mol. The van der Waals surface area contributed by atoms with E-state index in [0.717, 1.165) is 6.07 Å². The number of fused-ring (bicyclic) bond motifs is 1. The Morgan fingerprint density at radius 1 is 1.19 bits per heavy atom. The molecule has 1 aromatic rings. The van der Waals surface area contributed by atoms with Gasteiger partial charge in [-0.1, -0.05) is 0 Å². The Balaban J connectivity index is 2.56. The second-order valence-corrected chi connectivity index (χ2v) is 3.27. The first-order chi connectivity index (χ1) is 7.54. The lowest BCUT2D eigenvalue weighted by Gasteiger charge is -2.23. The van der Waals surface area contributed by atoms with Gasteiger partial charge in [-0.3, -0.25) is 0 Å². The van der Waals surface area contributed by atoms with Crippen molar-refractivity contribution in [2.75, 3.05) is 13.2 Å². The van der Waals surface area contributed by atoms with Gasteiger partial charge in [0.2, 0.25) is 0 Å². The number of hydrogen-bond acceptors (Lipinski definition) is 3. The van der Waals surface area contributed by atoms with Crippen molar-refractivity contribution in [1.82, 2.24) is 0 Å². The smallest absolute Gasteiger partial charge is 0.416 e. The molecule has 0 unspecified atom stereocenters. The molecule has 0 aliphatic carbocycles. The van der Waals surface area contributed by atoms with Crippen molar-refractivity contribution < 1.29 is 27.8 Å². The maximum Gasteiger partial charge on any atom is 0.416 e. The van der Waals surface area contributed by atoms with Gasteiger partial charge < -0.3 is 14.6 Å². The molecule has 0 bridgehead atoms. The second-order valence-electron chi connectivity index (χ2n) is 3.27. The highest BCUT2D eigenvalue weighted by Gasteiger charge is 2.36. The SMILES string of the molecule is OCc1c(C(F)(F)F)ccc2c1OCCO2. The van der Waals surface area contributed by atoms with Crippen LogP contribution in [-0.4, -0.2) is 18.3 Å². The van der Waals surface area contributed by atoms with Gasteiger partial charge in [0.05, 0.1) is 12.2 Å². The molecular formula is C10H9F3O3. The maximum atomic E-state index is 12.6. The van der Waals surface area contributed by atoms with Crippen molar-refractivity contribution in [1.29, 1.82) is 0 Å². The van der Waals surface area contributed by atoms with Gasteiger partial charge in [0.15, 0.2) is 11.5 Å². The molecule has 6 heteroatoms. The summed E-state index contributed by atoms with van der Waals surface area (Å²) >= 11 is 0. The van der Waals surface area contributed by atoms with Crippen LogP contribution in [0.3, 0.4) is 0 Å². The zero-order valence-electron chi connectivity index (χ0n) is 8.17. The Morgan fingerprint density at radius 3 is 2.50 bits per heavy atom. The summed E-state index contributed by atoms with van der Waals surface area (Å²) in [5.41, 5.74) is -1.16. The minimum absolute atomic E-state index is 0.0106. The maximum absolute atomic E-state index is 12.6. The average Bonchev–Trinajstić information content (AvgIpc) is 2.26. The highest BCUT2D eigenvalue weighted by Crippen LogP contribution is 2.42. The molecule has 1 N–H and O–H groups in total. The Labute approximate surface area is 89.4 Å². The molecule has 1 aromatic carbocycles. The van der Waals surface area contributed by atoms with Gasteiger partial charge in [-0.2, -0.15) is 13.2 Å². The Hall–Kier alpha value is -1.43. The van der Waals surface area contributed by atoms with Gasteiger partial charge >= 0.3 is 6.18 Å². The fourth-order valence-electron chi connectivity index (χ4n) is 1.60. The van der Waals surface area contributed by atoms with E-state index in [1.807, 2.05) is 0 Å². The lowest BCUT2D eigenvalue weighted by Crippen LogP contribution is -2.19. The van der Waals surface area contributed by atoms with Crippen LogP contribution in [0.1, 0.15) is 11.1 Å². The fourth-order valence-corrected chi connectivity index (χ4v) is 1.60. The van der Waals surface area contributed by atoms with E-state index in [1.165, 1.54) is 6.07 Å². The first-order valence-electron chi connectivity index (χ1n) is 4.63. The normalized spacial score (nSPS) is 15.0. The number of benzene rings is 1. The molecule has 0 radical (unpaired) electrons. The summed E-state index contributed by atoms with van der Waals surface area (Å²) in [4.78, 5) is 0. The standard InChI is InChI=1S/C10H9F3O3/c11-10(12,13)7-1-2-8-9(6(7)5-14)16-4-3-15-8/h1-2,14H,3-5H2. The third-order valence-corrected chi connectivity index (χ3v) is 2.28. The summed E-state index contributed by atoms with van der Waals surface area (Å²) < 4.78 is 48.0. The number of ether oxygens (including phenoxy) is 2. The third-order valence-electron chi connectivity index (χ3n) is 2.28. The van der Waals surface area contributed by atoms with Gasteiger partial charge in [0.25, 0.3) is 0 Å². The van der Waals surface area contributed by atoms with Crippen LogP contribution in [0.4, 0.5) is 13.2 Å². The number of alkyl halides is 3. The number of hydrogen-bond donors (Lipinski definition) is 1. The molecular weight excluding hydrogens is 225 g/mol. The minimum atomic E-state index is -4.51. The number of rotatable bonds is 1. The Morgan fingerprint density at radius 2 is 1.88 bits per heavy atom. The van der Waals surface area contributed by atoms with Crippen molar-refractivity contribution in [2.24, 2.45) is 0 Å². The molecule has 0 aromatic heterocycles. The summed E-state index contributed by atoms with van der Waals surface area (Å²) in [7, 11) is 0. The molecule has 1 heterocycles. The summed E-state index contributed by atoms with van der Waals surface area (Å²) in [5, 5.41) is 9.00. The zero-order chi connectivity index (χ0) is 11.8. The van der Waals surface area contributed by atoms with Crippen LogP contribution in [0.2, 0.25) is 0 Å². The van der Waals surface area contributed by atoms with Gasteiger partial charge in [0, 0.05) is 5.56 Å². The summed E-state index contributed by atoms with van der Waals surface area (Å²) in [6.45, 7) is -0.258. The molecule has 0 amide bonds. The molecule has 88 valence electrons. The lowest BCUT2D eigenvalue weighted by molar-refractivity contribution is -0.138. The van der Waals surface area contributed by atoms with Crippen LogP contribution in [0, 0.1) is 0 Å². The quantitative estimate of drug-likeness (QED) is 0.807. The van der Waals surface area contributed by atoms with E-state index < -0.39 is 18.3 Å². The van der Waals surface area contributed by atoms with E-state index >= 15 is 0 Å². The van der Waals surface area contributed by atoms with Gasteiger partial charge in [0.1, 0.15) is 13.2 Å². The zero-order valence-corrected chi connectivity index (χ0v) is 8.17. The van der Waals surface area contributed by atoms with Gasteiger partial charge in [-0.05, 0) is 12.1 Å². The van der Waals surface area contributed by atoms with Crippen molar-refractivity contribution in [2.45, 2.75) is 12.8 Å². The molecule has 16 heavy (non-hydrogen) atoms. The van der Waals surface area contributed by atoms with Gasteiger partial charge in [-0.25, -0.2) is 0 Å². The molecule has 0 spiro atoms. The van der Waals surface area contributed by atoms with Crippen molar-refractivity contribution in [3.8, 4) is 11.5 Å². The highest BCUT2D eigenvalue weighted by molar-refractivity contribution is 5.52. The molecule has 1 aliphatic rings. The summed E-state index contributed by atoms with van der Waals surface area (Å²) in [6.07, 6.45) is -4.51. The Bertz CT molecular complexity index is 401. The number of halogens is 3. The van der Waals surface area contributed by atoms with E-state index in [9.17, 15) is 13.2 Å². The topological polar surface area (TPSA) is 38.7 Å². The first-order valence-corrected chi connectivity index (χ1v) is 4.63. The summed E-state index contributed by atoms with van der Waals surface area (Å²) in [6, 6.07) is 2.09. The molecule has 2 rings (SSSR count). The van der Waals surface area contributed by atoms with Crippen LogP contribution in [-0.2, 0) is 12.8 Å². The van der Waals surface area contributed by atoms with Gasteiger partial charge in [-0.15, -0.1) is 0 Å². The second kappa shape index (κ2) is 3.86. The third kappa shape index (κ3) is 1.80. The van der Waals surface area contributed by atoms with E-state index in [1.54, 1.807) is 0 Å². The summed E-state index contributed by atoms with van der Waals surface area (Å²) in [5.74, 6) is 0.229. The van der Waals surface area contributed by atoms with Crippen LogP contribution in [0.25, 0.3) is 0 Å². The Kier molecular flexibility index (Phi) is 2.67. The van der Waals surface area contributed by atoms with E-state index in [0.29, 0.717) is 6.61 Å². The predicted molar refractivity (Wildman–Crippen MR) is 48.4 cm³/mol. The fraction of sp³-hybridized carbons (Fsp3) is 0.400. The van der Waals surface area contributed by atoms with Crippen LogP contribution in [0.15, 0.2) is 12.1 Å². The number of aliphatic hydroxyl groups excluding tert-OH is 1.